The zero-order valence-electron chi connectivity index (χ0n) is 36.6. The lowest BCUT2D eigenvalue weighted by atomic mass is 9.82. The Morgan fingerprint density at radius 2 is 1.08 bits per heavy atom. The van der Waals surface area contributed by atoms with Crippen LogP contribution in [0.15, 0.2) is 212 Å². The van der Waals surface area contributed by atoms with E-state index in [-0.39, 0.29) is 5.41 Å². The van der Waals surface area contributed by atoms with Gasteiger partial charge >= 0.3 is 0 Å². The number of anilines is 3. The maximum absolute atomic E-state index is 2.52. The third-order valence-electron chi connectivity index (χ3n) is 14.4. The summed E-state index contributed by atoms with van der Waals surface area (Å²) in [6, 6.07) is 76.5. The molecule has 2 aliphatic carbocycles. The number of hydrogen-bond donors (Lipinski definition) is 0. The topological polar surface area (TPSA) is 8.17 Å². The van der Waals surface area contributed by atoms with Crippen molar-refractivity contribution in [1.29, 1.82) is 0 Å². The molecule has 13 rings (SSSR count). The van der Waals surface area contributed by atoms with Crippen LogP contribution in [0.25, 0.3) is 88.4 Å². The van der Waals surface area contributed by atoms with Gasteiger partial charge < -0.3 is 9.47 Å². The Morgan fingerprint density at radius 3 is 1.89 bits per heavy atom. The second-order valence-electron chi connectivity index (χ2n) is 18.3. The second-order valence-corrected chi connectivity index (χ2v) is 18.3. The summed E-state index contributed by atoms with van der Waals surface area (Å²) in [7, 11) is 0. The molecule has 0 bridgehead atoms. The van der Waals surface area contributed by atoms with Gasteiger partial charge in [-0.05, 0) is 151 Å². The van der Waals surface area contributed by atoms with Crippen LogP contribution in [0.2, 0.25) is 0 Å². The van der Waals surface area contributed by atoms with Crippen LogP contribution in [0.1, 0.15) is 42.7 Å². The Labute approximate surface area is 380 Å². The minimum absolute atomic E-state index is 0.115. The number of aryl methyl sites for hydroxylation is 1. The summed E-state index contributed by atoms with van der Waals surface area (Å²) >= 11 is 0. The first-order valence-electron chi connectivity index (χ1n) is 23.0. The Bertz CT molecular complexity index is 3720. The number of rotatable bonds is 6. The molecule has 1 heterocycles. The van der Waals surface area contributed by atoms with E-state index in [0.29, 0.717) is 0 Å². The van der Waals surface area contributed by atoms with Crippen LogP contribution in [-0.4, -0.2) is 4.57 Å². The smallest absolute Gasteiger partial charge is 0.0622 e. The molecule has 0 radical (unpaired) electrons. The molecule has 0 N–H and O–H groups in total. The standard InChI is InChI=1S/C63H46N2/c1-63(2)57-30-15-13-26-50(57)51-37-36-47(39-58(51)63)64(46-23-17-20-43(38-46)41-18-5-3-6-19-41)45-34-32-42(33-35-45)55-40-56-49-25-10-12-28-53(49)62-61(60(56)52-27-11-9-24-48(52)55)54-29-14-16-31-59(54)65(62)44-21-7-4-8-22-44/h3-13,15-28,30-40H,14,29H2,1-2H3. The number of benzene rings is 10. The number of aromatic nitrogens is 1. The van der Waals surface area contributed by atoms with Crippen LogP contribution in [0.4, 0.5) is 17.1 Å². The number of para-hydroxylation sites is 1. The third kappa shape index (κ3) is 5.73. The molecule has 10 aromatic carbocycles. The van der Waals surface area contributed by atoms with Crippen molar-refractivity contribution < 1.29 is 0 Å². The fourth-order valence-corrected chi connectivity index (χ4v) is 11.4. The van der Waals surface area contributed by atoms with Crippen LogP contribution >= 0.6 is 0 Å². The van der Waals surface area contributed by atoms with Crippen molar-refractivity contribution in [1.82, 2.24) is 4.57 Å². The Hall–Kier alpha value is -7.94. The van der Waals surface area contributed by atoms with Gasteiger partial charge in [0.1, 0.15) is 0 Å². The highest BCUT2D eigenvalue weighted by Crippen LogP contribution is 2.52. The minimum Gasteiger partial charge on any atom is -0.310 e. The van der Waals surface area contributed by atoms with Crippen molar-refractivity contribution >= 4 is 66.4 Å². The van der Waals surface area contributed by atoms with E-state index in [1.807, 2.05) is 0 Å². The number of hydrogen-bond acceptors (Lipinski definition) is 1. The predicted octanol–water partition coefficient (Wildman–Crippen LogP) is 17.2. The molecule has 0 fully saturated rings. The maximum Gasteiger partial charge on any atom is 0.0622 e. The van der Waals surface area contributed by atoms with Crippen molar-refractivity contribution in [3.63, 3.8) is 0 Å². The second kappa shape index (κ2) is 14.6. The van der Waals surface area contributed by atoms with Crippen molar-refractivity contribution in [3.05, 3.63) is 235 Å². The van der Waals surface area contributed by atoms with E-state index in [2.05, 4.69) is 242 Å². The van der Waals surface area contributed by atoms with Gasteiger partial charge in [-0.15, -0.1) is 0 Å². The molecule has 0 amide bonds. The van der Waals surface area contributed by atoms with Crippen molar-refractivity contribution in [3.8, 4) is 39.1 Å². The first kappa shape index (κ1) is 37.6. The van der Waals surface area contributed by atoms with Gasteiger partial charge in [0, 0.05) is 44.6 Å². The van der Waals surface area contributed by atoms with Crippen LogP contribution in [-0.2, 0) is 11.8 Å². The molecule has 2 nitrogen and oxygen atoms in total. The van der Waals surface area contributed by atoms with Crippen LogP contribution in [0, 0.1) is 0 Å². The van der Waals surface area contributed by atoms with Gasteiger partial charge in [0.05, 0.1) is 5.52 Å². The van der Waals surface area contributed by atoms with Gasteiger partial charge in [0.2, 0.25) is 0 Å². The molecular formula is C63H46N2. The fourth-order valence-electron chi connectivity index (χ4n) is 11.4. The Morgan fingerprint density at radius 1 is 0.431 bits per heavy atom. The molecule has 2 aliphatic rings. The van der Waals surface area contributed by atoms with Crippen molar-refractivity contribution in [2.75, 3.05) is 4.90 Å². The lowest BCUT2D eigenvalue weighted by molar-refractivity contribution is 0.660. The zero-order valence-corrected chi connectivity index (χ0v) is 36.6. The Balaban J connectivity index is 1.01. The minimum atomic E-state index is -0.115. The van der Waals surface area contributed by atoms with E-state index in [1.54, 1.807) is 0 Å². The summed E-state index contributed by atoms with van der Waals surface area (Å²) in [6.45, 7) is 4.73. The van der Waals surface area contributed by atoms with E-state index in [1.165, 1.54) is 105 Å². The zero-order chi connectivity index (χ0) is 43.2. The highest BCUT2D eigenvalue weighted by molar-refractivity contribution is 6.34. The molecule has 308 valence electrons. The van der Waals surface area contributed by atoms with E-state index in [0.717, 1.165) is 29.9 Å². The van der Waals surface area contributed by atoms with Crippen LogP contribution in [0.5, 0.6) is 0 Å². The summed E-state index contributed by atoms with van der Waals surface area (Å²) in [4.78, 5) is 2.44. The lowest BCUT2D eigenvalue weighted by Crippen LogP contribution is -2.16. The van der Waals surface area contributed by atoms with E-state index < -0.39 is 0 Å². The normalized spacial score (nSPS) is 13.6. The average Bonchev–Trinajstić information content (AvgIpc) is 3.83. The van der Waals surface area contributed by atoms with E-state index in [9.17, 15) is 0 Å². The molecule has 1 aromatic heterocycles. The predicted molar refractivity (Wildman–Crippen MR) is 276 cm³/mol. The summed E-state index contributed by atoms with van der Waals surface area (Å²) in [5, 5.41) is 9.16. The third-order valence-corrected chi connectivity index (χ3v) is 14.4. The van der Waals surface area contributed by atoms with Gasteiger partial charge in [-0.25, -0.2) is 0 Å². The van der Waals surface area contributed by atoms with Gasteiger partial charge in [-0.1, -0.05) is 172 Å². The van der Waals surface area contributed by atoms with Gasteiger partial charge in [-0.2, -0.15) is 0 Å². The van der Waals surface area contributed by atoms with E-state index >= 15 is 0 Å². The molecule has 0 unspecified atom stereocenters. The largest absolute Gasteiger partial charge is 0.310 e. The molecule has 0 atom stereocenters. The molecule has 0 spiro atoms. The molecular weight excluding hydrogens is 785 g/mol. The van der Waals surface area contributed by atoms with E-state index in [4.69, 9.17) is 0 Å². The molecule has 0 saturated carbocycles. The summed E-state index contributed by atoms with van der Waals surface area (Å²) in [6.07, 6.45) is 6.76. The summed E-state index contributed by atoms with van der Waals surface area (Å²) in [5.41, 5.74) is 18.8. The lowest BCUT2D eigenvalue weighted by Gasteiger charge is -2.28. The quantitative estimate of drug-likeness (QED) is 0.152. The Kier molecular flexibility index (Phi) is 8.42. The number of allylic oxidation sites excluding steroid dienone is 1. The van der Waals surface area contributed by atoms with Crippen LogP contribution < -0.4 is 4.90 Å². The average molecular weight is 831 g/mol. The SMILES string of the molecule is CC1(C)c2ccccc2-c2ccc(N(c3ccc(-c4cc5c6ccccc6c6c(c7c(n6-c6ccccc6)C=CCC7)c5c5ccccc45)cc3)c3cccc(-c4ccccc4)c3)cc21. The maximum atomic E-state index is 2.52. The summed E-state index contributed by atoms with van der Waals surface area (Å²) in [5.74, 6) is 0. The molecule has 65 heavy (non-hydrogen) atoms. The monoisotopic (exact) mass is 830 g/mol. The highest BCUT2D eigenvalue weighted by Gasteiger charge is 2.36. The first-order valence-corrected chi connectivity index (χ1v) is 23.0. The molecule has 0 aliphatic heterocycles. The summed E-state index contributed by atoms with van der Waals surface area (Å²) < 4.78 is 2.52. The van der Waals surface area contributed by atoms with Crippen LogP contribution in [0.3, 0.4) is 0 Å². The first-order chi connectivity index (χ1) is 32.0. The van der Waals surface area contributed by atoms with Gasteiger partial charge in [-0.3, -0.25) is 0 Å². The molecule has 11 aromatic rings. The van der Waals surface area contributed by atoms with Gasteiger partial charge in [0.25, 0.3) is 0 Å². The molecule has 0 saturated heterocycles. The number of fused-ring (bicyclic) bond motifs is 13. The fraction of sp³-hybridized carbons (Fsp3) is 0.0794. The molecule has 2 heteroatoms. The van der Waals surface area contributed by atoms with Crippen molar-refractivity contribution in [2.45, 2.75) is 32.1 Å². The van der Waals surface area contributed by atoms with Gasteiger partial charge in [0.15, 0.2) is 0 Å². The highest BCUT2D eigenvalue weighted by atomic mass is 15.1. The van der Waals surface area contributed by atoms with Crippen molar-refractivity contribution in [2.24, 2.45) is 0 Å². The number of nitrogens with zero attached hydrogens (tertiary/aromatic N) is 2.